The van der Waals surface area contributed by atoms with Gasteiger partial charge in [-0.1, -0.05) is 0 Å². The summed E-state index contributed by atoms with van der Waals surface area (Å²) in [6.07, 6.45) is 4.21. The number of alkyl halides is 3. The Kier molecular flexibility index (Phi) is 4.81. The Balaban J connectivity index is 1.52. The van der Waals surface area contributed by atoms with Crippen molar-refractivity contribution in [3.05, 3.63) is 54.5 Å². The predicted molar refractivity (Wildman–Crippen MR) is 110 cm³/mol. The minimum Gasteiger partial charge on any atom is -0.335 e. The van der Waals surface area contributed by atoms with Crippen LogP contribution in [0, 0.1) is 0 Å². The smallest absolute Gasteiger partial charge is 0.335 e. The molecule has 32 heavy (non-hydrogen) atoms. The molecule has 4 aromatic heterocycles. The highest BCUT2D eigenvalue weighted by atomic mass is 19.4. The van der Waals surface area contributed by atoms with E-state index < -0.39 is 11.9 Å². The first kappa shape index (κ1) is 20.4. The lowest BCUT2D eigenvalue weighted by Crippen LogP contribution is -2.56. The van der Waals surface area contributed by atoms with Gasteiger partial charge in [-0.2, -0.15) is 18.3 Å². The summed E-state index contributed by atoms with van der Waals surface area (Å²) in [5, 5.41) is 10.5. The van der Waals surface area contributed by atoms with Gasteiger partial charge in [0.2, 0.25) is 5.95 Å². The Hall–Kier alpha value is -3.54. The molecule has 0 radical (unpaired) electrons. The molecule has 0 spiro atoms. The second-order valence-electron chi connectivity index (χ2n) is 7.85. The van der Waals surface area contributed by atoms with Crippen LogP contribution in [0.4, 0.5) is 19.1 Å². The van der Waals surface area contributed by atoms with E-state index in [9.17, 15) is 13.2 Å². The van der Waals surface area contributed by atoms with Crippen molar-refractivity contribution in [2.45, 2.75) is 38.1 Å². The van der Waals surface area contributed by atoms with E-state index in [1.807, 2.05) is 6.20 Å². The fourth-order valence-corrected chi connectivity index (χ4v) is 4.06. The van der Waals surface area contributed by atoms with Crippen LogP contribution in [0.3, 0.4) is 0 Å². The lowest BCUT2D eigenvalue weighted by atomic mass is 9.97. The van der Waals surface area contributed by atoms with Gasteiger partial charge >= 0.3 is 6.18 Å². The van der Waals surface area contributed by atoms with Crippen molar-refractivity contribution in [3.8, 4) is 11.4 Å². The molecular formula is C20H20F3N9. The Bertz CT molecular complexity index is 1230. The van der Waals surface area contributed by atoms with E-state index in [2.05, 4.69) is 54.2 Å². The summed E-state index contributed by atoms with van der Waals surface area (Å²) in [7, 11) is 0. The van der Waals surface area contributed by atoms with Crippen LogP contribution in [-0.4, -0.2) is 53.2 Å². The van der Waals surface area contributed by atoms with Gasteiger partial charge in [0.1, 0.15) is 0 Å². The van der Waals surface area contributed by atoms with Crippen LogP contribution in [0.25, 0.3) is 17.0 Å². The van der Waals surface area contributed by atoms with E-state index in [-0.39, 0.29) is 18.1 Å². The van der Waals surface area contributed by atoms with Gasteiger partial charge in [0.25, 0.3) is 0 Å². The first-order chi connectivity index (χ1) is 15.3. The van der Waals surface area contributed by atoms with Gasteiger partial charge in [0.05, 0.1) is 36.0 Å². The molecule has 9 nitrogen and oxygen atoms in total. The zero-order valence-corrected chi connectivity index (χ0v) is 17.2. The van der Waals surface area contributed by atoms with Crippen LogP contribution in [0.5, 0.6) is 0 Å². The van der Waals surface area contributed by atoms with Gasteiger partial charge in [-0.3, -0.25) is 9.50 Å². The Labute approximate surface area is 180 Å². The van der Waals surface area contributed by atoms with Crippen LogP contribution in [-0.2, 0) is 6.18 Å². The third-order valence-electron chi connectivity index (χ3n) is 5.64. The average molecular weight is 443 g/mol. The van der Waals surface area contributed by atoms with Crippen LogP contribution in [0.1, 0.15) is 31.1 Å². The third-order valence-corrected chi connectivity index (χ3v) is 5.64. The molecule has 1 fully saturated rings. The van der Waals surface area contributed by atoms with Crippen molar-refractivity contribution < 1.29 is 13.2 Å². The summed E-state index contributed by atoms with van der Waals surface area (Å²) in [4.78, 5) is 18.9. The lowest BCUT2D eigenvalue weighted by molar-refractivity contribution is -0.141. The van der Waals surface area contributed by atoms with Gasteiger partial charge in [0.15, 0.2) is 11.3 Å². The van der Waals surface area contributed by atoms with E-state index in [1.165, 1.54) is 10.6 Å². The second kappa shape index (κ2) is 7.55. The van der Waals surface area contributed by atoms with Gasteiger partial charge < -0.3 is 10.2 Å². The Morgan fingerprint density at radius 1 is 1.09 bits per heavy atom. The number of nitrogens with zero attached hydrogens (tertiary/aromatic N) is 7. The van der Waals surface area contributed by atoms with Crippen molar-refractivity contribution in [3.63, 3.8) is 0 Å². The molecule has 0 aromatic carbocycles. The van der Waals surface area contributed by atoms with Crippen molar-refractivity contribution in [1.29, 1.82) is 0 Å². The third kappa shape index (κ3) is 3.55. The molecule has 0 saturated carbocycles. The topological polar surface area (TPSA) is 99.9 Å². The molecule has 0 aliphatic carbocycles. The summed E-state index contributed by atoms with van der Waals surface area (Å²) in [6.45, 7) is 4.82. The largest absolute Gasteiger partial charge is 0.434 e. The number of H-pyrrole nitrogens is 1. The molecule has 4 aromatic rings. The molecule has 166 valence electrons. The minimum absolute atomic E-state index is 0.0148. The number of fused-ring (bicyclic) bond motifs is 1. The quantitative estimate of drug-likeness (QED) is 0.502. The monoisotopic (exact) mass is 443 g/mol. The molecule has 1 aliphatic heterocycles. The molecule has 1 aliphatic rings. The van der Waals surface area contributed by atoms with Crippen molar-refractivity contribution in [2.75, 3.05) is 11.4 Å². The first-order valence-corrected chi connectivity index (χ1v) is 10.1. The molecule has 3 atom stereocenters. The maximum absolute atomic E-state index is 13.2. The Morgan fingerprint density at radius 3 is 2.69 bits per heavy atom. The van der Waals surface area contributed by atoms with Gasteiger partial charge in [0, 0.05) is 42.8 Å². The zero-order chi connectivity index (χ0) is 22.5. The van der Waals surface area contributed by atoms with Gasteiger partial charge in [-0.15, -0.1) is 0 Å². The molecule has 5 rings (SSSR count). The van der Waals surface area contributed by atoms with Crippen molar-refractivity contribution in [2.24, 2.45) is 0 Å². The van der Waals surface area contributed by atoms with Crippen molar-refractivity contribution >= 4 is 11.6 Å². The highest BCUT2D eigenvalue weighted by Crippen LogP contribution is 2.31. The number of rotatable bonds is 3. The molecule has 3 unspecified atom stereocenters. The van der Waals surface area contributed by atoms with E-state index in [0.29, 0.717) is 29.5 Å². The number of hydrogen-bond acceptors (Lipinski definition) is 7. The standard InChI is InChI=1S/C20H20F3N9/c1-11-9-31(12(2)18(29-11)13-5-27-28-6-13)19-24-4-3-14(30-19)15-7-26-17-8-25-16(10-32(15)17)20(21,22)23/h3-8,10-12,18,29H,9H2,1-2H3,(H,27,28). The fraction of sp³-hybridized carbons (Fsp3) is 0.350. The molecule has 0 bridgehead atoms. The summed E-state index contributed by atoms with van der Waals surface area (Å²) < 4.78 is 40.8. The van der Waals surface area contributed by atoms with Gasteiger partial charge in [-0.25, -0.2) is 19.9 Å². The highest BCUT2D eigenvalue weighted by Gasteiger charge is 2.35. The van der Waals surface area contributed by atoms with Crippen LogP contribution in [0.2, 0.25) is 0 Å². The summed E-state index contributed by atoms with van der Waals surface area (Å²) in [6, 6.07) is 1.85. The highest BCUT2D eigenvalue weighted by molar-refractivity contribution is 5.61. The normalized spacial score (nSPS) is 21.9. The number of aromatic nitrogens is 7. The van der Waals surface area contributed by atoms with Crippen molar-refractivity contribution in [1.82, 2.24) is 39.9 Å². The number of imidazole rings is 1. The maximum Gasteiger partial charge on any atom is 0.434 e. The molecule has 12 heteroatoms. The zero-order valence-electron chi connectivity index (χ0n) is 17.2. The molecule has 0 amide bonds. The lowest BCUT2D eigenvalue weighted by Gasteiger charge is -2.43. The minimum atomic E-state index is -4.55. The molecule has 2 N–H and O–H groups in total. The summed E-state index contributed by atoms with van der Waals surface area (Å²) in [5.74, 6) is 0.497. The maximum atomic E-state index is 13.2. The van der Waals surface area contributed by atoms with Crippen LogP contribution >= 0.6 is 0 Å². The summed E-state index contributed by atoms with van der Waals surface area (Å²) in [5.41, 5.74) is 1.24. The molecular weight excluding hydrogens is 423 g/mol. The molecule has 5 heterocycles. The van der Waals surface area contributed by atoms with E-state index >= 15 is 0 Å². The first-order valence-electron chi connectivity index (χ1n) is 10.1. The van der Waals surface area contributed by atoms with Gasteiger partial charge in [-0.05, 0) is 19.9 Å². The number of piperazine rings is 1. The molecule has 1 saturated heterocycles. The van der Waals surface area contributed by atoms with E-state index in [1.54, 1.807) is 18.5 Å². The Morgan fingerprint density at radius 2 is 1.94 bits per heavy atom. The fourth-order valence-electron chi connectivity index (χ4n) is 4.06. The summed E-state index contributed by atoms with van der Waals surface area (Å²) >= 11 is 0. The second-order valence-corrected chi connectivity index (χ2v) is 7.85. The number of aromatic amines is 1. The van der Waals surface area contributed by atoms with Crippen LogP contribution < -0.4 is 10.2 Å². The number of halogens is 3. The number of anilines is 1. The van der Waals surface area contributed by atoms with E-state index in [0.717, 1.165) is 18.0 Å². The van der Waals surface area contributed by atoms with Crippen LogP contribution in [0.15, 0.2) is 43.2 Å². The number of hydrogen-bond donors (Lipinski definition) is 2. The number of nitrogens with one attached hydrogen (secondary N) is 2. The predicted octanol–water partition coefficient (Wildman–Crippen LogP) is 2.86. The van der Waals surface area contributed by atoms with E-state index in [4.69, 9.17) is 0 Å². The average Bonchev–Trinajstić information content (AvgIpc) is 3.44. The SMILES string of the molecule is CC1CN(c2nccc(-c3cnc4cnc(C(F)(F)F)cn34)n2)C(C)C(c2cn[nH]c2)N1.